The number of carbonyl (C=O) groups is 1. The molecule has 1 aromatic heterocycles. The van der Waals surface area contributed by atoms with Gasteiger partial charge in [0.25, 0.3) is 0 Å². The Balaban J connectivity index is 1.28. The predicted octanol–water partition coefficient (Wildman–Crippen LogP) is 7.21. The number of aromatic nitrogens is 2. The molecule has 4 aromatic rings. The van der Waals surface area contributed by atoms with Crippen molar-refractivity contribution in [3.8, 4) is 22.8 Å². The lowest BCUT2D eigenvalue weighted by Crippen LogP contribution is -2.13. The summed E-state index contributed by atoms with van der Waals surface area (Å²) in [7, 11) is 0. The van der Waals surface area contributed by atoms with Crippen LogP contribution in [0.25, 0.3) is 11.3 Å². The van der Waals surface area contributed by atoms with Crippen LogP contribution in [0.1, 0.15) is 55.1 Å². The Morgan fingerprint density at radius 1 is 0.795 bits per heavy atom. The number of ether oxygens (including phenoxy) is 2. The highest BCUT2D eigenvalue weighted by Crippen LogP contribution is 2.30. The summed E-state index contributed by atoms with van der Waals surface area (Å²) in [6.45, 7) is 3.12. The number of rotatable bonds is 12. The van der Waals surface area contributed by atoms with Gasteiger partial charge in [-0.05, 0) is 66.8 Å². The van der Waals surface area contributed by atoms with E-state index in [1.54, 1.807) is 6.20 Å². The molecule has 0 aliphatic heterocycles. The van der Waals surface area contributed by atoms with Crippen LogP contribution in [0.15, 0.2) is 85.1 Å². The zero-order valence-corrected chi connectivity index (χ0v) is 22.6. The summed E-state index contributed by atoms with van der Waals surface area (Å²) in [5.74, 6) is 2.40. The van der Waals surface area contributed by atoms with Crippen molar-refractivity contribution in [2.75, 3.05) is 6.61 Å². The molecule has 1 aliphatic rings. The van der Waals surface area contributed by atoms with E-state index < -0.39 is 0 Å². The third-order valence-electron chi connectivity index (χ3n) is 7.29. The van der Waals surface area contributed by atoms with E-state index in [4.69, 9.17) is 19.4 Å². The van der Waals surface area contributed by atoms with E-state index in [9.17, 15) is 4.79 Å². The number of hydrogen-bond donors (Lipinski definition) is 0. The summed E-state index contributed by atoms with van der Waals surface area (Å²) < 4.78 is 11.5. The van der Waals surface area contributed by atoms with E-state index in [2.05, 4.69) is 12.1 Å². The highest BCUT2D eigenvalue weighted by Gasteiger charge is 2.20. The van der Waals surface area contributed by atoms with Crippen molar-refractivity contribution in [1.82, 2.24) is 9.97 Å². The van der Waals surface area contributed by atoms with Gasteiger partial charge in [0, 0.05) is 12.0 Å². The third kappa shape index (κ3) is 7.53. The van der Waals surface area contributed by atoms with Crippen LogP contribution in [0.5, 0.6) is 11.5 Å². The van der Waals surface area contributed by atoms with E-state index in [0.29, 0.717) is 32.0 Å². The highest BCUT2D eigenvalue weighted by atomic mass is 16.5. The van der Waals surface area contributed by atoms with Gasteiger partial charge in [0.1, 0.15) is 23.9 Å². The maximum atomic E-state index is 13.0. The summed E-state index contributed by atoms with van der Waals surface area (Å²) in [6.07, 6.45) is 8.35. The minimum absolute atomic E-state index is 0.147. The Hall–Kier alpha value is -3.99. The van der Waals surface area contributed by atoms with Crippen LogP contribution in [0, 0.1) is 5.92 Å². The van der Waals surface area contributed by atoms with Gasteiger partial charge in [-0.3, -0.25) is 9.78 Å². The molecule has 1 aliphatic carbocycles. The van der Waals surface area contributed by atoms with Gasteiger partial charge in [0.05, 0.1) is 36.3 Å². The summed E-state index contributed by atoms with van der Waals surface area (Å²) >= 11 is 0. The number of hydrogen-bond acceptors (Lipinski definition) is 5. The molecule has 0 spiro atoms. The van der Waals surface area contributed by atoms with Gasteiger partial charge in [-0.1, -0.05) is 68.1 Å². The molecule has 1 heterocycles. The van der Waals surface area contributed by atoms with Crippen LogP contribution in [0.4, 0.5) is 0 Å². The van der Waals surface area contributed by atoms with Crippen molar-refractivity contribution in [2.45, 2.75) is 58.5 Å². The van der Waals surface area contributed by atoms with Gasteiger partial charge in [-0.15, -0.1) is 0 Å². The molecule has 0 N–H and O–H groups in total. The molecule has 5 rings (SSSR count). The Kier molecular flexibility index (Phi) is 9.00. The molecular weight excluding hydrogens is 484 g/mol. The standard InChI is InChI=1S/C34H36N2O3/c1-2-38-30-16-12-26(13-17-30)20-29(37)22-32-33(21-25-8-6-7-9-25)36-34(23-35-32)28-14-18-31(19-15-28)39-24-27-10-4-3-5-11-27/h3-5,10-19,23,25H,2,6-9,20-22,24H2,1H3. The van der Waals surface area contributed by atoms with E-state index in [-0.39, 0.29) is 5.78 Å². The fourth-order valence-electron chi connectivity index (χ4n) is 5.20. The maximum absolute atomic E-state index is 13.0. The average molecular weight is 521 g/mol. The molecule has 1 fully saturated rings. The topological polar surface area (TPSA) is 61.3 Å². The smallest absolute Gasteiger partial charge is 0.143 e. The van der Waals surface area contributed by atoms with Gasteiger partial charge in [0.15, 0.2) is 0 Å². The van der Waals surface area contributed by atoms with Gasteiger partial charge in [0.2, 0.25) is 0 Å². The molecule has 5 heteroatoms. The Bertz CT molecular complexity index is 1350. The van der Waals surface area contributed by atoms with Gasteiger partial charge < -0.3 is 9.47 Å². The molecule has 0 radical (unpaired) electrons. The summed E-state index contributed by atoms with van der Waals surface area (Å²) in [6, 6.07) is 25.9. The average Bonchev–Trinajstić information content (AvgIpc) is 3.48. The molecule has 200 valence electrons. The molecule has 0 amide bonds. The molecule has 3 aromatic carbocycles. The number of nitrogens with zero attached hydrogens (tertiary/aromatic N) is 2. The minimum atomic E-state index is 0.147. The minimum Gasteiger partial charge on any atom is -0.494 e. The first kappa shape index (κ1) is 26.6. The van der Waals surface area contributed by atoms with E-state index >= 15 is 0 Å². The van der Waals surface area contributed by atoms with Crippen LogP contribution in [-0.4, -0.2) is 22.4 Å². The van der Waals surface area contributed by atoms with Crippen molar-refractivity contribution >= 4 is 5.78 Å². The Morgan fingerprint density at radius 3 is 2.21 bits per heavy atom. The lowest BCUT2D eigenvalue weighted by Gasteiger charge is -2.14. The van der Waals surface area contributed by atoms with Crippen molar-refractivity contribution < 1.29 is 14.3 Å². The summed E-state index contributed by atoms with van der Waals surface area (Å²) in [4.78, 5) is 22.9. The van der Waals surface area contributed by atoms with Crippen LogP contribution >= 0.6 is 0 Å². The fourth-order valence-corrected chi connectivity index (χ4v) is 5.20. The first-order valence-electron chi connectivity index (χ1n) is 14.0. The molecule has 1 saturated carbocycles. The molecule has 39 heavy (non-hydrogen) atoms. The Labute approximate surface area is 231 Å². The number of Topliss-reactive ketones (excluding diaryl/α,β-unsaturated/α-hetero) is 1. The zero-order valence-electron chi connectivity index (χ0n) is 22.6. The first-order chi connectivity index (χ1) is 19.2. The van der Waals surface area contributed by atoms with Gasteiger partial charge in [-0.2, -0.15) is 0 Å². The molecule has 0 saturated heterocycles. The molecule has 0 bridgehead atoms. The molecule has 5 nitrogen and oxygen atoms in total. The highest BCUT2D eigenvalue weighted by molar-refractivity contribution is 5.83. The summed E-state index contributed by atoms with van der Waals surface area (Å²) in [5.41, 5.74) is 5.72. The van der Waals surface area contributed by atoms with Crippen LogP contribution in [0.2, 0.25) is 0 Å². The third-order valence-corrected chi connectivity index (χ3v) is 7.29. The first-order valence-corrected chi connectivity index (χ1v) is 14.0. The lowest BCUT2D eigenvalue weighted by atomic mass is 9.97. The number of benzene rings is 3. The molecule has 0 unspecified atom stereocenters. The van der Waals surface area contributed by atoms with Crippen molar-refractivity contribution in [3.05, 3.63) is 108 Å². The normalized spacial score (nSPS) is 13.4. The second-order valence-electron chi connectivity index (χ2n) is 10.3. The summed E-state index contributed by atoms with van der Waals surface area (Å²) in [5, 5.41) is 0. The number of carbonyl (C=O) groups excluding carboxylic acids is 1. The monoisotopic (exact) mass is 520 g/mol. The molecular formula is C34H36N2O3. The van der Waals surface area contributed by atoms with Crippen molar-refractivity contribution in [2.24, 2.45) is 5.92 Å². The van der Waals surface area contributed by atoms with Crippen LogP contribution in [-0.2, 0) is 30.7 Å². The van der Waals surface area contributed by atoms with Crippen molar-refractivity contribution in [1.29, 1.82) is 0 Å². The van der Waals surface area contributed by atoms with Crippen LogP contribution in [0.3, 0.4) is 0 Å². The molecule has 0 atom stereocenters. The van der Waals surface area contributed by atoms with Crippen molar-refractivity contribution in [3.63, 3.8) is 0 Å². The zero-order chi connectivity index (χ0) is 26.9. The van der Waals surface area contributed by atoms with E-state index in [1.807, 2.05) is 73.7 Å². The van der Waals surface area contributed by atoms with E-state index in [1.165, 1.54) is 25.7 Å². The largest absolute Gasteiger partial charge is 0.494 e. The Morgan fingerprint density at radius 2 is 1.49 bits per heavy atom. The second kappa shape index (κ2) is 13.2. The fraction of sp³-hybridized carbons (Fsp3) is 0.324. The predicted molar refractivity (Wildman–Crippen MR) is 154 cm³/mol. The lowest BCUT2D eigenvalue weighted by molar-refractivity contribution is -0.117. The van der Waals surface area contributed by atoms with E-state index in [0.717, 1.165) is 51.7 Å². The second-order valence-corrected chi connectivity index (χ2v) is 10.3. The SMILES string of the molecule is CCOc1ccc(CC(=O)Cc2ncc(-c3ccc(OCc4ccccc4)cc3)nc2CC2CCCC2)cc1. The van der Waals surface area contributed by atoms with Crippen LogP contribution < -0.4 is 9.47 Å². The van der Waals surface area contributed by atoms with Gasteiger partial charge >= 0.3 is 0 Å². The maximum Gasteiger partial charge on any atom is 0.143 e. The van der Waals surface area contributed by atoms with Gasteiger partial charge in [-0.25, -0.2) is 4.98 Å². The number of ketones is 1. The quantitative estimate of drug-likeness (QED) is 0.198.